The third kappa shape index (κ3) is 4.46. The first-order valence-electron chi connectivity index (χ1n) is 1.69. The molecule has 0 aromatic heterocycles. The summed E-state index contributed by atoms with van der Waals surface area (Å²) in [6.45, 7) is 1.38. The van der Waals surface area contributed by atoms with Crippen LogP contribution in [0.5, 0.6) is 0 Å². The maximum absolute atomic E-state index is 4.66. The van der Waals surface area contributed by atoms with Gasteiger partial charge >= 0.3 is 45.7 Å². The summed E-state index contributed by atoms with van der Waals surface area (Å²) >= 11 is 1.65. The van der Waals surface area contributed by atoms with E-state index >= 15 is 0 Å². The Labute approximate surface area is 46.4 Å². The summed E-state index contributed by atoms with van der Waals surface area (Å²) in [6, 6.07) is 0. The average Bonchev–Trinajstić information content (AvgIpc) is 1.61. The van der Waals surface area contributed by atoms with Crippen LogP contribution in [0.4, 0.5) is 0 Å². The van der Waals surface area contributed by atoms with Gasteiger partial charge < -0.3 is 0 Å². The molecule has 3 heteroatoms. The first-order chi connectivity index (χ1) is 2.91. The Kier molecular flexibility index (Phi) is 5.88. The van der Waals surface area contributed by atoms with Gasteiger partial charge in [-0.3, -0.25) is 0 Å². The minimum absolute atomic E-state index is 0.691. The van der Waals surface area contributed by atoms with E-state index in [0.29, 0.717) is 13.2 Å². The molecule has 0 aromatic rings. The van der Waals surface area contributed by atoms with E-state index in [1.807, 2.05) is 0 Å². The summed E-state index contributed by atoms with van der Waals surface area (Å²) in [5.41, 5.74) is 0. The molecule has 0 rings (SSSR count). The molecular weight excluding hydrogens is 141 g/mol. The third-order valence-corrected chi connectivity index (χ3v) is 0.818. The van der Waals surface area contributed by atoms with Gasteiger partial charge in [-0.25, -0.2) is 0 Å². The molecule has 2 nitrogen and oxygen atoms in total. The van der Waals surface area contributed by atoms with Crippen molar-refractivity contribution < 1.29 is 8.50 Å². The molecule has 0 N–H and O–H groups in total. The summed E-state index contributed by atoms with van der Waals surface area (Å²) in [6.07, 6.45) is 0. The molecule has 0 heterocycles. The fraction of sp³-hybridized carbons (Fsp3) is 1.00. The molecule has 0 aromatic carbocycles. The summed E-state index contributed by atoms with van der Waals surface area (Å²) in [5, 5.41) is 0. The molecule has 0 fully saturated rings. The molecule has 35 valence electrons. The van der Waals surface area contributed by atoms with Crippen LogP contribution < -0.4 is 0 Å². The van der Waals surface area contributed by atoms with E-state index in [1.54, 1.807) is 24.0 Å². The van der Waals surface area contributed by atoms with Crippen LogP contribution >= 0.6 is 0 Å². The van der Waals surface area contributed by atoms with Crippen LogP contribution in [0.1, 0.15) is 0 Å². The number of rotatable bonds is 3. The molecule has 6 heavy (non-hydrogen) atoms. The maximum atomic E-state index is 4.66. The molecule has 0 saturated carbocycles. The van der Waals surface area contributed by atoms with Gasteiger partial charge in [0, 0.05) is 0 Å². The van der Waals surface area contributed by atoms with E-state index in [1.165, 1.54) is 0 Å². The van der Waals surface area contributed by atoms with E-state index in [0.717, 1.165) is 0 Å². The number of hydrogen-bond acceptors (Lipinski definition) is 2. The Morgan fingerprint density at radius 2 is 2.17 bits per heavy atom. The van der Waals surface area contributed by atoms with Crippen molar-refractivity contribution in [2.24, 2.45) is 0 Å². The first kappa shape index (κ1) is 6.46. The van der Waals surface area contributed by atoms with Crippen molar-refractivity contribution in [2.75, 3.05) is 20.3 Å². The van der Waals surface area contributed by atoms with Crippen LogP contribution in [0.15, 0.2) is 0 Å². The summed E-state index contributed by atoms with van der Waals surface area (Å²) < 4.78 is 9.31. The van der Waals surface area contributed by atoms with Crippen molar-refractivity contribution >= 4 is 16.9 Å². The summed E-state index contributed by atoms with van der Waals surface area (Å²) in [7, 11) is 1.65. The van der Waals surface area contributed by atoms with E-state index < -0.39 is 0 Å². The van der Waals surface area contributed by atoms with Crippen molar-refractivity contribution in [3.8, 4) is 0 Å². The van der Waals surface area contributed by atoms with Crippen LogP contribution in [0.2, 0.25) is 0 Å². The fourth-order valence-electron chi connectivity index (χ4n) is 0.125. The van der Waals surface area contributed by atoms with Crippen LogP contribution in [-0.4, -0.2) is 37.2 Å². The predicted octanol–water partition coefficient (Wildman–Crippen LogP) is -0.267. The molecule has 3 radical (unpaired) electrons. The van der Waals surface area contributed by atoms with Crippen molar-refractivity contribution in [1.29, 1.82) is 0 Å². The Hall–Kier alpha value is 0.463. The van der Waals surface area contributed by atoms with Crippen molar-refractivity contribution in [2.45, 2.75) is 0 Å². The van der Waals surface area contributed by atoms with Gasteiger partial charge in [-0.2, -0.15) is 0 Å². The number of ether oxygens (including phenoxy) is 1. The van der Waals surface area contributed by atoms with Gasteiger partial charge in [-0.1, -0.05) is 0 Å². The van der Waals surface area contributed by atoms with Crippen molar-refractivity contribution in [3.05, 3.63) is 0 Å². The van der Waals surface area contributed by atoms with Gasteiger partial charge in [0.05, 0.1) is 0 Å². The molecule has 0 atom stereocenters. The van der Waals surface area contributed by atoms with E-state index in [9.17, 15) is 0 Å². The Morgan fingerprint density at radius 3 is 2.33 bits per heavy atom. The van der Waals surface area contributed by atoms with Gasteiger partial charge in [0.15, 0.2) is 0 Å². The van der Waals surface area contributed by atoms with Crippen LogP contribution in [-0.2, 0) is 8.50 Å². The van der Waals surface area contributed by atoms with Crippen LogP contribution in [0, 0.1) is 0 Å². The van der Waals surface area contributed by atoms with Gasteiger partial charge in [0.25, 0.3) is 0 Å². The second-order valence-electron chi connectivity index (χ2n) is 0.841. The number of methoxy groups -OCH3 is 1. The molecule has 0 spiro atoms. The van der Waals surface area contributed by atoms with Gasteiger partial charge in [0.2, 0.25) is 0 Å². The van der Waals surface area contributed by atoms with Crippen LogP contribution in [0.3, 0.4) is 0 Å². The summed E-state index contributed by atoms with van der Waals surface area (Å²) in [5.74, 6) is 0. The monoisotopic (exact) mass is 149 g/mol. The zero-order valence-corrected chi connectivity index (χ0v) is 5.83. The molecule has 0 amide bonds. The van der Waals surface area contributed by atoms with Crippen LogP contribution in [0.25, 0.3) is 0 Å². The van der Waals surface area contributed by atoms with Gasteiger partial charge in [-0.05, 0) is 0 Å². The topological polar surface area (TPSA) is 18.5 Å². The van der Waals surface area contributed by atoms with Gasteiger partial charge in [0.1, 0.15) is 0 Å². The third-order valence-electron chi connectivity index (χ3n) is 0.390. The SMILES string of the molecule is COCC[O][Ge]. The molecular formula is C3H7GeO2. The number of hydrogen-bond donors (Lipinski definition) is 0. The Morgan fingerprint density at radius 1 is 1.50 bits per heavy atom. The molecule has 0 saturated heterocycles. The molecule has 0 aliphatic carbocycles. The quantitative estimate of drug-likeness (QED) is 0.405. The Bertz CT molecular complexity index is 20.8. The second kappa shape index (κ2) is 5.46. The standard InChI is InChI=1S/C3H7GeO2/c1-5-2-3-6-4/h2-3H2,1H3. The van der Waals surface area contributed by atoms with E-state index in [2.05, 4.69) is 8.50 Å². The molecule has 0 aliphatic rings. The predicted molar refractivity (Wildman–Crippen MR) is 23.6 cm³/mol. The van der Waals surface area contributed by atoms with E-state index in [-0.39, 0.29) is 0 Å². The Balaban J connectivity index is 2.34. The minimum atomic E-state index is 0.691. The average molecular weight is 148 g/mol. The zero-order valence-electron chi connectivity index (χ0n) is 3.73. The molecule has 0 unspecified atom stereocenters. The first-order valence-corrected chi connectivity index (χ1v) is 2.55. The summed E-state index contributed by atoms with van der Waals surface area (Å²) in [4.78, 5) is 0. The fourth-order valence-corrected chi connectivity index (χ4v) is 0.300. The van der Waals surface area contributed by atoms with Crippen molar-refractivity contribution in [1.82, 2.24) is 0 Å². The molecule has 0 aliphatic heterocycles. The normalized spacial score (nSPS) is 9.00. The van der Waals surface area contributed by atoms with Crippen molar-refractivity contribution in [3.63, 3.8) is 0 Å². The zero-order chi connectivity index (χ0) is 4.83. The molecule has 0 bridgehead atoms. The van der Waals surface area contributed by atoms with Gasteiger partial charge in [-0.15, -0.1) is 0 Å². The van der Waals surface area contributed by atoms with E-state index in [4.69, 9.17) is 0 Å². The second-order valence-corrected chi connectivity index (χ2v) is 1.45.